The normalized spacial score (nSPS) is 15.1. The summed E-state index contributed by atoms with van der Waals surface area (Å²) in [5, 5.41) is 4.91. The molecule has 1 aliphatic heterocycles. The molecule has 1 saturated heterocycles. The summed E-state index contributed by atoms with van der Waals surface area (Å²) in [6.07, 6.45) is 0. The summed E-state index contributed by atoms with van der Waals surface area (Å²) in [7, 11) is 0. The SMILES string of the molecule is O=C(NCCN1CCN(C(=O)c2ccc(F)cc2Cl)CC1)c1cccs1. The molecule has 1 fully saturated rings. The van der Waals surface area contributed by atoms with Gasteiger partial charge in [-0.3, -0.25) is 14.5 Å². The smallest absolute Gasteiger partial charge is 0.261 e. The van der Waals surface area contributed by atoms with Crippen LogP contribution in [0.1, 0.15) is 20.0 Å². The van der Waals surface area contributed by atoms with E-state index in [2.05, 4.69) is 10.2 Å². The summed E-state index contributed by atoms with van der Waals surface area (Å²) in [6, 6.07) is 7.47. The number of carbonyl (C=O) groups is 2. The van der Waals surface area contributed by atoms with Crippen LogP contribution in [0, 0.1) is 5.82 Å². The Labute approximate surface area is 160 Å². The minimum absolute atomic E-state index is 0.0558. The van der Waals surface area contributed by atoms with Gasteiger partial charge in [0.1, 0.15) is 5.82 Å². The Morgan fingerprint density at radius 3 is 2.62 bits per heavy atom. The van der Waals surface area contributed by atoms with Crippen molar-refractivity contribution in [3.63, 3.8) is 0 Å². The van der Waals surface area contributed by atoms with Gasteiger partial charge in [-0.2, -0.15) is 0 Å². The number of amides is 2. The van der Waals surface area contributed by atoms with E-state index in [0.717, 1.165) is 25.7 Å². The number of benzene rings is 1. The molecule has 2 heterocycles. The van der Waals surface area contributed by atoms with Crippen molar-refractivity contribution in [1.82, 2.24) is 15.1 Å². The average Bonchev–Trinajstić information content (AvgIpc) is 3.16. The van der Waals surface area contributed by atoms with Crippen LogP contribution in [0.3, 0.4) is 0 Å². The maximum atomic E-state index is 13.1. The van der Waals surface area contributed by atoms with Gasteiger partial charge in [0.05, 0.1) is 15.5 Å². The zero-order valence-electron chi connectivity index (χ0n) is 14.1. The number of rotatable bonds is 5. The molecule has 0 radical (unpaired) electrons. The summed E-state index contributed by atoms with van der Waals surface area (Å²) in [4.78, 5) is 29.0. The lowest BCUT2D eigenvalue weighted by molar-refractivity contribution is 0.0638. The first-order chi connectivity index (χ1) is 12.5. The van der Waals surface area contributed by atoms with Gasteiger partial charge in [0, 0.05) is 39.3 Å². The Morgan fingerprint density at radius 1 is 1.19 bits per heavy atom. The van der Waals surface area contributed by atoms with Crippen LogP contribution in [0.25, 0.3) is 0 Å². The second-order valence-electron chi connectivity index (χ2n) is 5.99. The van der Waals surface area contributed by atoms with E-state index >= 15 is 0 Å². The summed E-state index contributed by atoms with van der Waals surface area (Å²) >= 11 is 7.39. The molecule has 2 aromatic rings. The van der Waals surface area contributed by atoms with Crippen LogP contribution >= 0.6 is 22.9 Å². The van der Waals surface area contributed by atoms with E-state index in [1.807, 2.05) is 11.4 Å². The van der Waals surface area contributed by atoms with Crippen LogP contribution in [0.2, 0.25) is 5.02 Å². The lowest BCUT2D eigenvalue weighted by atomic mass is 10.1. The standard InChI is InChI=1S/C18H19ClFN3O2S/c19-15-12-13(20)3-4-14(15)18(25)23-9-7-22(8-10-23)6-5-21-17(24)16-2-1-11-26-16/h1-4,11-12H,5-10H2,(H,21,24). The molecule has 1 aliphatic rings. The van der Waals surface area contributed by atoms with Gasteiger partial charge >= 0.3 is 0 Å². The minimum Gasteiger partial charge on any atom is -0.350 e. The highest BCUT2D eigenvalue weighted by molar-refractivity contribution is 7.12. The number of nitrogens with zero attached hydrogens (tertiary/aromatic N) is 2. The molecule has 1 aromatic carbocycles. The summed E-state index contributed by atoms with van der Waals surface area (Å²) < 4.78 is 13.1. The first kappa shape index (κ1) is 18.8. The van der Waals surface area contributed by atoms with E-state index in [0.29, 0.717) is 30.1 Å². The molecular formula is C18H19ClFN3O2S. The first-order valence-electron chi connectivity index (χ1n) is 8.33. The van der Waals surface area contributed by atoms with Gasteiger partial charge in [-0.25, -0.2) is 4.39 Å². The highest BCUT2D eigenvalue weighted by atomic mass is 35.5. The van der Waals surface area contributed by atoms with Crippen LogP contribution in [-0.4, -0.2) is 60.9 Å². The van der Waals surface area contributed by atoms with Crippen LogP contribution in [-0.2, 0) is 0 Å². The highest BCUT2D eigenvalue weighted by Gasteiger charge is 2.23. The fraction of sp³-hybridized carbons (Fsp3) is 0.333. The van der Waals surface area contributed by atoms with E-state index in [-0.39, 0.29) is 16.8 Å². The van der Waals surface area contributed by atoms with Crippen LogP contribution in [0.5, 0.6) is 0 Å². The molecule has 0 saturated carbocycles. The number of hydrogen-bond acceptors (Lipinski definition) is 4. The lowest BCUT2D eigenvalue weighted by Gasteiger charge is -2.34. The highest BCUT2D eigenvalue weighted by Crippen LogP contribution is 2.19. The van der Waals surface area contributed by atoms with Crippen LogP contribution in [0.15, 0.2) is 35.7 Å². The molecule has 8 heteroatoms. The number of thiophene rings is 1. The Bertz CT molecular complexity index is 777. The zero-order valence-corrected chi connectivity index (χ0v) is 15.7. The summed E-state index contributed by atoms with van der Waals surface area (Å²) in [5.74, 6) is -0.693. The first-order valence-corrected chi connectivity index (χ1v) is 9.59. The average molecular weight is 396 g/mol. The quantitative estimate of drug-likeness (QED) is 0.846. The molecule has 3 rings (SSSR count). The number of carbonyl (C=O) groups excluding carboxylic acids is 2. The molecule has 0 bridgehead atoms. The topological polar surface area (TPSA) is 52.7 Å². The van der Waals surface area contributed by atoms with Crippen molar-refractivity contribution < 1.29 is 14.0 Å². The number of hydrogen-bond donors (Lipinski definition) is 1. The lowest BCUT2D eigenvalue weighted by Crippen LogP contribution is -2.50. The maximum Gasteiger partial charge on any atom is 0.261 e. The van der Waals surface area contributed by atoms with Gasteiger partial charge in [0.25, 0.3) is 11.8 Å². The molecule has 138 valence electrons. The van der Waals surface area contributed by atoms with Crippen LogP contribution < -0.4 is 5.32 Å². The van der Waals surface area contributed by atoms with Gasteiger partial charge in [0.2, 0.25) is 0 Å². The molecule has 0 atom stereocenters. The van der Waals surface area contributed by atoms with Crippen molar-refractivity contribution in [3.05, 3.63) is 57.0 Å². The van der Waals surface area contributed by atoms with Gasteiger partial charge in [-0.1, -0.05) is 17.7 Å². The second kappa shape index (κ2) is 8.62. The van der Waals surface area contributed by atoms with Gasteiger partial charge in [0.15, 0.2) is 0 Å². The maximum absolute atomic E-state index is 13.1. The van der Waals surface area contributed by atoms with Crippen molar-refractivity contribution in [2.75, 3.05) is 39.3 Å². The van der Waals surface area contributed by atoms with E-state index < -0.39 is 5.82 Å². The molecular weight excluding hydrogens is 377 g/mol. The second-order valence-corrected chi connectivity index (χ2v) is 7.35. The molecule has 5 nitrogen and oxygen atoms in total. The molecule has 0 unspecified atom stereocenters. The molecule has 1 N–H and O–H groups in total. The summed E-state index contributed by atoms with van der Waals surface area (Å²) in [6.45, 7) is 3.89. The van der Waals surface area contributed by atoms with Crippen molar-refractivity contribution >= 4 is 34.8 Å². The van der Waals surface area contributed by atoms with Crippen molar-refractivity contribution in [3.8, 4) is 0 Å². The van der Waals surface area contributed by atoms with Gasteiger partial charge in [-0.15, -0.1) is 11.3 Å². The zero-order chi connectivity index (χ0) is 18.5. The molecule has 0 aliphatic carbocycles. The Hall–Kier alpha value is -1.96. The molecule has 26 heavy (non-hydrogen) atoms. The van der Waals surface area contributed by atoms with E-state index in [1.165, 1.54) is 23.5 Å². The third-order valence-electron chi connectivity index (χ3n) is 4.28. The third-order valence-corrected chi connectivity index (χ3v) is 5.46. The fourth-order valence-corrected chi connectivity index (χ4v) is 3.72. The summed E-state index contributed by atoms with van der Waals surface area (Å²) in [5.41, 5.74) is 0.324. The predicted octanol–water partition coefficient (Wildman–Crippen LogP) is 2.73. The number of nitrogens with one attached hydrogen (secondary N) is 1. The van der Waals surface area contributed by atoms with Crippen molar-refractivity contribution in [2.45, 2.75) is 0 Å². The van der Waals surface area contributed by atoms with E-state index in [9.17, 15) is 14.0 Å². The number of piperazine rings is 1. The van der Waals surface area contributed by atoms with E-state index in [1.54, 1.807) is 11.0 Å². The third kappa shape index (κ3) is 4.60. The molecule has 2 amide bonds. The molecule has 1 aromatic heterocycles. The Kier molecular flexibility index (Phi) is 6.24. The van der Waals surface area contributed by atoms with Gasteiger partial charge in [-0.05, 0) is 29.6 Å². The van der Waals surface area contributed by atoms with Crippen LogP contribution in [0.4, 0.5) is 4.39 Å². The fourth-order valence-electron chi connectivity index (χ4n) is 2.83. The van der Waals surface area contributed by atoms with Crippen molar-refractivity contribution in [2.24, 2.45) is 0 Å². The monoisotopic (exact) mass is 395 g/mol. The molecule has 0 spiro atoms. The predicted molar refractivity (Wildman–Crippen MR) is 100 cm³/mol. The van der Waals surface area contributed by atoms with Gasteiger partial charge < -0.3 is 10.2 Å². The minimum atomic E-state index is -0.457. The number of halogens is 2. The van der Waals surface area contributed by atoms with E-state index in [4.69, 9.17) is 11.6 Å². The Balaban J connectivity index is 1.44. The largest absolute Gasteiger partial charge is 0.350 e. The van der Waals surface area contributed by atoms with Crippen molar-refractivity contribution in [1.29, 1.82) is 0 Å². The Morgan fingerprint density at radius 2 is 1.96 bits per heavy atom.